The lowest BCUT2D eigenvalue weighted by Crippen LogP contribution is -2.37. The highest BCUT2D eigenvalue weighted by Gasteiger charge is 2.33. The molecule has 1 aliphatic rings. The van der Waals surface area contributed by atoms with Gasteiger partial charge in [0.05, 0.1) is 37.9 Å². The van der Waals surface area contributed by atoms with E-state index in [-0.39, 0.29) is 40.0 Å². The van der Waals surface area contributed by atoms with Crippen molar-refractivity contribution < 1.29 is 22.7 Å². The molecule has 4 aromatic carbocycles. The lowest BCUT2D eigenvalue weighted by atomic mass is 10.1. The Morgan fingerprint density at radius 1 is 0.878 bits per heavy atom. The number of anilines is 2. The number of hydrogen-bond acceptors (Lipinski definition) is 5. The highest BCUT2D eigenvalue weighted by Crippen LogP contribution is 2.31. The van der Waals surface area contributed by atoms with Gasteiger partial charge in [0.15, 0.2) is 0 Å². The monoisotopic (exact) mass is 629 g/mol. The van der Waals surface area contributed by atoms with Gasteiger partial charge in [-0.1, -0.05) is 59.1 Å². The average Bonchev–Trinajstić information content (AvgIpc) is 3.30. The number of rotatable bonds is 8. The molecule has 5 rings (SSSR count). The van der Waals surface area contributed by atoms with Crippen molar-refractivity contribution in [1.82, 2.24) is 5.32 Å². The number of para-hydroxylation sites is 2. The molecule has 41 heavy (non-hydrogen) atoms. The molecule has 1 heterocycles. The van der Waals surface area contributed by atoms with Crippen LogP contribution in [0.4, 0.5) is 11.4 Å². The third kappa shape index (κ3) is 6.60. The minimum atomic E-state index is -4.10. The second kappa shape index (κ2) is 12.0. The number of carbonyl (C=O) groups is 2. The molecular formula is C29H22Cl3N3O5S. The topological polar surface area (TPSA) is 105 Å². The number of amides is 2. The molecule has 1 fully saturated rings. The Bertz CT molecular complexity index is 1730. The van der Waals surface area contributed by atoms with Gasteiger partial charge in [-0.25, -0.2) is 8.42 Å². The summed E-state index contributed by atoms with van der Waals surface area (Å²) in [6.45, 7) is 0.207. The van der Waals surface area contributed by atoms with Crippen LogP contribution in [0.5, 0.6) is 11.5 Å². The molecule has 1 atom stereocenters. The first kappa shape index (κ1) is 28.8. The van der Waals surface area contributed by atoms with Crippen LogP contribution in [0.15, 0.2) is 95.9 Å². The van der Waals surface area contributed by atoms with Crippen molar-refractivity contribution in [2.24, 2.45) is 0 Å². The quantitative estimate of drug-likeness (QED) is 0.223. The summed E-state index contributed by atoms with van der Waals surface area (Å²) in [6.07, 6.45) is 0.0567. The van der Waals surface area contributed by atoms with Gasteiger partial charge in [0.2, 0.25) is 5.91 Å². The zero-order valence-corrected chi connectivity index (χ0v) is 24.3. The molecule has 0 saturated carbocycles. The number of nitrogens with zero attached hydrogens (tertiary/aromatic N) is 1. The summed E-state index contributed by atoms with van der Waals surface area (Å²) in [4.78, 5) is 27.4. The Balaban J connectivity index is 1.31. The van der Waals surface area contributed by atoms with Crippen LogP contribution in [-0.4, -0.2) is 32.8 Å². The molecule has 1 saturated heterocycles. The molecule has 2 amide bonds. The van der Waals surface area contributed by atoms with Crippen LogP contribution >= 0.6 is 34.8 Å². The molecule has 0 unspecified atom stereocenters. The number of sulfonamides is 1. The van der Waals surface area contributed by atoms with Crippen LogP contribution in [-0.2, 0) is 14.8 Å². The van der Waals surface area contributed by atoms with E-state index in [4.69, 9.17) is 39.5 Å². The summed E-state index contributed by atoms with van der Waals surface area (Å²) in [6, 6.07) is 23.3. The molecule has 2 N–H and O–H groups in total. The van der Waals surface area contributed by atoms with Crippen molar-refractivity contribution >= 4 is 68.0 Å². The van der Waals surface area contributed by atoms with Gasteiger partial charge in [-0.3, -0.25) is 14.3 Å². The molecule has 210 valence electrons. The van der Waals surface area contributed by atoms with E-state index < -0.39 is 22.0 Å². The Morgan fingerprint density at radius 3 is 2.27 bits per heavy atom. The largest absolute Gasteiger partial charge is 0.456 e. The SMILES string of the molecule is O=C(N[C@H]1CC(=O)N(c2ccccc2Cl)C1)c1cc(Cl)ccc1NS(=O)(=O)c1ccc(Oc2ccccc2Cl)cc1. The van der Waals surface area contributed by atoms with E-state index in [1.54, 1.807) is 48.5 Å². The van der Waals surface area contributed by atoms with Crippen LogP contribution in [0.1, 0.15) is 16.8 Å². The van der Waals surface area contributed by atoms with E-state index in [2.05, 4.69) is 10.0 Å². The van der Waals surface area contributed by atoms with Crippen LogP contribution < -0.4 is 19.7 Å². The standard InChI is InChI=1S/C29H22Cl3N3O5S/c30-18-9-14-25(34-41(38,39)21-12-10-20(11-13-21)40-27-8-4-2-6-24(27)32)22(15-18)29(37)33-19-16-28(36)35(17-19)26-7-3-1-5-23(26)31/h1-15,19,34H,16-17H2,(H,33,37)/t19-/m0/s1. The first-order valence-corrected chi connectivity index (χ1v) is 14.9. The molecule has 12 heteroatoms. The van der Waals surface area contributed by atoms with Gasteiger partial charge < -0.3 is 15.0 Å². The summed E-state index contributed by atoms with van der Waals surface area (Å²) < 4.78 is 34.6. The second-order valence-electron chi connectivity index (χ2n) is 9.13. The summed E-state index contributed by atoms with van der Waals surface area (Å²) in [5, 5.41) is 3.88. The number of benzene rings is 4. The summed E-state index contributed by atoms with van der Waals surface area (Å²) >= 11 is 18.5. The maximum atomic E-state index is 13.3. The molecule has 0 aromatic heterocycles. The number of halogens is 3. The first-order chi connectivity index (χ1) is 19.6. The van der Waals surface area contributed by atoms with Crippen molar-refractivity contribution in [2.75, 3.05) is 16.2 Å². The highest BCUT2D eigenvalue weighted by molar-refractivity contribution is 7.92. The second-order valence-corrected chi connectivity index (χ2v) is 12.1. The van der Waals surface area contributed by atoms with E-state index in [1.807, 2.05) is 0 Å². The maximum Gasteiger partial charge on any atom is 0.261 e. The molecule has 8 nitrogen and oxygen atoms in total. The van der Waals surface area contributed by atoms with Gasteiger partial charge in [0, 0.05) is 18.0 Å². The molecule has 4 aromatic rings. The Morgan fingerprint density at radius 2 is 1.56 bits per heavy atom. The van der Waals surface area contributed by atoms with Gasteiger partial charge in [0.25, 0.3) is 15.9 Å². The van der Waals surface area contributed by atoms with Gasteiger partial charge in [0.1, 0.15) is 11.5 Å². The third-order valence-electron chi connectivity index (χ3n) is 6.27. The fourth-order valence-corrected chi connectivity index (χ4v) is 5.97. The first-order valence-electron chi connectivity index (χ1n) is 12.3. The molecule has 0 radical (unpaired) electrons. The van der Waals surface area contributed by atoms with E-state index in [1.165, 1.54) is 47.4 Å². The summed E-state index contributed by atoms with van der Waals surface area (Å²) in [7, 11) is -4.10. The van der Waals surface area contributed by atoms with Crippen LogP contribution in [0, 0.1) is 0 Å². The Hall–Kier alpha value is -3.76. The van der Waals surface area contributed by atoms with Crippen molar-refractivity contribution in [3.05, 3.63) is 112 Å². The molecule has 0 bridgehead atoms. The van der Waals surface area contributed by atoms with E-state index in [0.29, 0.717) is 27.2 Å². The predicted molar refractivity (Wildman–Crippen MR) is 160 cm³/mol. The van der Waals surface area contributed by atoms with Gasteiger partial charge in [-0.15, -0.1) is 0 Å². The van der Waals surface area contributed by atoms with Gasteiger partial charge in [-0.2, -0.15) is 0 Å². The fraction of sp³-hybridized carbons (Fsp3) is 0.103. The van der Waals surface area contributed by atoms with Crippen molar-refractivity contribution in [3.8, 4) is 11.5 Å². The van der Waals surface area contributed by atoms with Crippen LogP contribution in [0.25, 0.3) is 0 Å². The van der Waals surface area contributed by atoms with Crippen molar-refractivity contribution in [1.29, 1.82) is 0 Å². The number of nitrogens with one attached hydrogen (secondary N) is 2. The zero-order chi connectivity index (χ0) is 29.1. The smallest absolute Gasteiger partial charge is 0.261 e. The number of carbonyl (C=O) groups excluding carboxylic acids is 2. The number of hydrogen-bond donors (Lipinski definition) is 2. The molecular weight excluding hydrogens is 609 g/mol. The average molecular weight is 631 g/mol. The molecule has 1 aliphatic heterocycles. The van der Waals surface area contributed by atoms with E-state index in [9.17, 15) is 18.0 Å². The number of ether oxygens (including phenoxy) is 1. The maximum absolute atomic E-state index is 13.3. The van der Waals surface area contributed by atoms with Crippen LogP contribution in [0.3, 0.4) is 0 Å². The minimum Gasteiger partial charge on any atom is -0.456 e. The Kier molecular flexibility index (Phi) is 8.42. The Labute approximate surface area is 251 Å². The zero-order valence-electron chi connectivity index (χ0n) is 21.2. The van der Waals surface area contributed by atoms with E-state index in [0.717, 1.165) is 0 Å². The van der Waals surface area contributed by atoms with Crippen molar-refractivity contribution in [2.45, 2.75) is 17.4 Å². The molecule has 0 aliphatic carbocycles. The normalized spacial score (nSPS) is 15.0. The minimum absolute atomic E-state index is 0.00314. The van der Waals surface area contributed by atoms with E-state index >= 15 is 0 Å². The van der Waals surface area contributed by atoms with Gasteiger partial charge >= 0.3 is 0 Å². The van der Waals surface area contributed by atoms with Crippen molar-refractivity contribution in [3.63, 3.8) is 0 Å². The molecule has 0 spiro atoms. The summed E-state index contributed by atoms with van der Waals surface area (Å²) in [5.74, 6) is 0.0316. The fourth-order valence-electron chi connectivity index (χ4n) is 4.31. The lowest BCUT2D eigenvalue weighted by molar-refractivity contribution is -0.117. The summed E-state index contributed by atoms with van der Waals surface area (Å²) in [5.41, 5.74) is 0.578. The van der Waals surface area contributed by atoms with Crippen LogP contribution in [0.2, 0.25) is 15.1 Å². The predicted octanol–water partition coefficient (Wildman–Crippen LogP) is 6.78. The lowest BCUT2D eigenvalue weighted by Gasteiger charge is -2.19. The van der Waals surface area contributed by atoms with Gasteiger partial charge in [-0.05, 0) is 66.7 Å². The third-order valence-corrected chi connectivity index (χ3v) is 8.52. The highest BCUT2D eigenvalue weighted by atomic mass is 35.5.